The van der Waals surface area contributed by atoms with Crippen LogP contribution in [0.25, 0.3) is 0 Å². The molecular formula is C13H18N4O2. The van der Waals surface area contributed by atoms with Crippen molar-refractivity contribution in [3.05, 3.63) is 29.3 Å². The largest absolute Gasteiger partial charge is 0.493 e. The number of carbonyl (C=O) groups is 1. The molecule has 0 unspecified atom stereocenters. The molecule has 0 aliphatic heterocycles. The van der Waals surface area contributed by atoms with Crippen molar-refractivity contribution in [3.63, 3.8) is 0 Å². The number of ketones is 1. The summed E-state index contributed by atoms with van der Waals surface area (Å²) < 4.78 is 8.54. The molecule has 0 amide bonds. The summed E-state index contributed by atoms with van der Waals surface area (Å²) in [7, 11) is 3.33. The maximum absolute atomic E-state index is 12.7. The minimum atomic E-state index is -0.117. The Morgan fingerprint density at radius 3 is 2.58 bits per heavy atom. The average Bonchev–Trinajstić information content (AvgIpc) is 2.91. The zero-order chi connectivity index (χ0) is 14.2. The van der Waals surface area contributed by atoms with E-state index < -0.39 is 0 Å². The van der Waals surface area contributed by atoms with Crippen molar-refractivity contribution in [2.45, 2.75) is 26.8 Å². The van der Waals surface area contributed by atoms with Crippen molar-refractivity contribution in [1.82, 2.24) is 19.6 Å². The molecule has 2 aromatic rings. The second kappa shape index (κ2) is 4.87. The predicted molar refractivity (Wildman–Crippen MR) is 70.5 cm³/mol. The van der Waals surface area contributed by atoms with Crippen LogP contribution in [-0.2, 0) is 7.05 Å². The second-order valence-electron chi connectivity index (χ2n) is 4.73. The zero-order valence-electron chi connectivity index (χ0n) is 11.8. The topological polar surface area (TPSA) is 61.9 Å². The third kappa shape index (κ3) is 2.25. The van der Waals surface area contributed by atoms with Gasteiger partial charge >= 0.3 is 0 Å². The minimum Gasteiger partial charge on any atom is -0.493 e. The summed E-state index contributed by atoms with van der Waals surface area (Å²) in [5.74, 6) is 0.371. The van der Waals surface area contributed by atoms with Crippen molar-refractivity contribution in [2.24, 2.45) is 7.05 Å². The monoisotopic (exact) mass is 262 g/mol. The quantitative estimate of drug-likeness (QED) is 0.787. The van der Waals surface area contributed by atoms with E-state index in [4.69, 9.17) is 4.74 Å². The number of carbonyl (C=O) groups excluding carboxylic acids is 1. The Labute approximate surface area is 112 Å². The molecule has 0 fully saturated rings. The van der Waals surface area contributed by atoms with Gasteiger partial charge in [-0.1, -0.05) is 0 Å². The normalized spacial score (nSPS) is 11.1. The summed E-state index contributed by atoms with van der Waals surface area (Å²) in [5.41, 5.74) is 1.74. The molecule has 6 heteroatoms. The lowest BCUT2D eigenvalue weighted by Crippen LogP contribution is -2.14. The molecule has 2 aromatic heterocycles. The highest BCUT2D eigenvalue weighted by atomic mass is 16.5. The summed E-state index contributed by atoms with van der Waals surface area (Å²) in [4.78, 5) is 12.7. The SMILES string of the molecule is COc1cnn(C(C)C)c1C(=O)c1cn(C)nc1C. The molecule has 0 saturated heterocycles. The minimum absolute atomic E-state index is 0.0832. The number of rotatable bonds is 4. The molecule has 0 atom stereocenters. The van der Waals surface area contributed by atoms with Crippen LogP contribution in [0.15, 0.2) is 12.4 Å². The molecule has 0 aromatic carbocycles. The Bertz CT molecular complexity index is 610. The molecule has 0 bridgehead atoms. The van der Waals surface area contributed by atoms with Crippen LogP contribution in [0.2, 0.25) is 0 Å². The van der Waals surface area contributed by atoms with Gasteiger partial charge in [0.1, 0.15) is 0 Å². The Kier molecular flexibility index (Phi) is 3.42. The van der Waals surface area contributed by atoms with Gasteiger partial charge in [0.15, 0.2) is 11.4 Å². The smallest absolute Gasteiger partial charge is 0.218 e. The van der Waals surface area contributed by atoms with Crippen LogP contribution in [-0.4, -0.2) is 32.5 Å². The molecule has 0 aliphatic rings. The van der Waals surface area contributed by atoms with Crippen LogP contribution < -0.4 is 4.74 Å². The highest BCUT2D eigenvalue weighted by Crippen LogP contribution is 2.24. The number of ether oxygens (including phenoxy) is 1. The Morgan fingerprint density at radius 2 is 2.11 bits per heavy atom. The van der Waals surface area contributed by atoms with Crippen LogP contribution >= 0.6 is 0 Å². The molecule has 19 heavy (non-hydrogen) atoms. The predicted octanol–water partition coefficient (Wildman–Crippen LogP) is 1.75. The fraction of sp³-hybridized carbons (Fsp3) is 0.462. The highest BCUT2D eigenvalue weighted by Gasteiger charge is 2.24. The van der Waals surface area contributed by atoms with Gasteiger partial charge in [0.05, 0.1) is 24.6 Å². The van der Waals surface area contributed by atoms with Crippen LogP contribution in [0.1, 0.15) is 41.6 Å². The molecule has 2 heterocycles. The maximum Gasteiger partial charge on any atom is 0.218 e. The van der Waals surface area contributed by atoms with E-state index in [2.05, 4.69) is 10.2 Å². The number of aryl methyl sites for hydroxylation is 2. The number of hydrogen-bond donors (Lipinski definition) is 0. The first-order valence-electron chi connectivity index (χ1n) is 6.12. The van der Waals surface area contributed by atoms with E-state index in [0.717, 1.165) is 0 Å². The third-order valence-corrected chi connectivity index (χ3v) is 2.94. The van der Waals surface area contributed by atoms with E-state index in [1.165, 1.54) is 7.11 Å². The lowest BCUT2D eigenvalue weighted by Gasteiger charge is -2.10. The molecule has 0 aliphatic carbocycles. The van der Waals surface area contributed by atoms with E-state index >= 15 is 0 Å². The number of methoxy groups -OCH3 is 1. The van der Waals surface area contributed by atoms with Crippen molar-refractivity contribution in [3.8, 4) is 5.75 Å². The highest BCUT2D eigenvalue weighted by molar-refractivity contribution is 6.10. The van der Waals surface area contributed by atoms with Crippen molar-refractivity contribution in [1.29, 1.82) is 0 Å². The van der Waals surface area contributed by atoms with E-state index in [1.807, 2.05) is 20.8 Å². The molecule has 0 saturated carbocycles. The summed E-state index contributed by atoms with van der Waals surface area (Å²) >= 11 is 0. The van der Waals surface area contributed by atoms with Gasteiger partial charge in [-0.05, 0) is 20.8 Å². The van der Waals surface area contributed by atoms with E-state index in [-0.39, 0.29) is 11.8 Å². The van der Waals surface area contributed by atoms with E-state index in [1.54, 1.807) is 28.8 Å². The van der Waals surface area contributed by atoms with Gasteiger partial charge in [0.2, 0.25) is 5.78 Å². The van der Waals surface area contributed by atoms with Gasteiger partial charge < -0.3 is 4.74 Å². The first-order valence-corrected chi connectivity index (χ1v) is 6.12. The Hall–Kier alpha value is -2.11. The summed E-state index contributed by atoms with van der Waals surface area (Å²) in [6.07, 6.45) is 3.29. The van der Waals surface area contributed by atoms with Crippen molar-refractivity contribution in [2.75, 3.05) is 7.11 Å². The molecule has 2 rings (SSSR count). The summed E-state index contributed by atoms with van der Waals surface area (Å²) in [5, 5.41) is 8.41. The fourth-order valence-electron chi connectivity index (χ4n) is 2.05. The molecule has 0 N–H and O–H groups in total. The first-order chi connectivity index (χ1) is 8.95. The van der Waals surface area contributed by atoms with E-state index in [9.17, 15) is 4.79 Å². The molecule has 6 nitrogen and oxygen atoms in total. The molecule has 0 radical (unpaired) electrons. The number of nitrogens with zero attached hydrogens (tertiary/aromatic N) is 4. The van der Waals surface area contributed by atoms with Gasteiger partial charge in [-0.15, -0.1) is 0 Å². The van der Waals surface area contributed by atoms with Crippen molar-refractivity contribution < 1.29 is 9.53 Å². The third-order valence-electron chi connectivity index (χ3n) is 2.94. The average molecular weight is 262 g/mol. The van der Waals surface area contributed by atoms with Crippen LogP contribution in [0.5, 0.6) is 5.75 Å². The van der Waals surface area contributed by atoms with E-state index in [0.29, 0.717) is 22.7 Å². The molecule has 0 spiro atoms. The van der Waals surface area contributed by atoms with Gasteiger partial charge in [-0.2, -0.15) is 10.2 Å². The fourth-order valence-corrected chi connectivity index (χ4v) is 2.05. The Balaban J connectivity index is 2.54. The second-order valence-corrected chi connectivity index (χ2v) is 4.73. The summed E-state index contributed by atoms with van der Waals surface area (Å²) in [6, 6.07) is 0.0832. The van der Waals surface area contributed by atoms with Gasteiger partial charge in [0.25, 0.3) is 0 Å². The Morgan fingerprint density at radius 1 is 1.42 bits per heavy atom. The first kappa shape index (κ1) is 13.3. The van der Waals surface area contributed by atoms with Crippen LogP contribution in [0.3, 0.4) is 0 Å². The lowest BCUT2D eigenvalue weighted by atomic mass is 10.1. The van der Waals surface area contributed by atoms with Gasteiger partial charge in [-0.3, -0.25) is 14.2 Å². The standard InChI is InChI=1S/C13H18N4O2/c1-8(2)17-12(11(19-5)6-14-17)13(18)10-7-16(4)15-9(10)3/h6-8H,1-5H3. The van der Waals surface area contributed by atoms with Crippen LogP contribution in [0, 0.1) is 6.92 Å². The van der Waals surface area contributed by atoms with Gasteiger partial charge in [0, 0.05) is 19.3 Å². The summed E-state index contributed by atoms with van der Waals surface area (Å²) in [6.45, 7) is 5.76. The maximum atomic E-state index is 12.7. The van der Waals surface area contributed by atoms with Gasteiger partial charge in [-0.25, -0.2) is 0 Å². The van der Waals surface area contributed by atoms with Crippen LogP contribution in [0.4, 0.5) is 0 Å². The molecular weight excluding hydrogens is 244 g/mol. The molecule has 102 valence electrons. The lowest BCUT2D eigenvalue weighted by molar-refractivity contribution is 0.102. The van der Waals surface area contributed by atoms with Crippen molar-refractivity contribution >= 4 is 5.78 Å². The number of aromatic nitrogens is 4. The number of hydrogen-bond acceptors (Lipinski definition) is 4. The zero-order valence-corrected chi connectivity index (χ0v) is 11.8.